The maximum atomic E-state index is 12.2. The van der Waals surface area contributed by atoms with Gasteiger partial charge in [-0.25, -0.2) is 14.8 Å². The summed E-state index contributed by atoms with van der Waals surface area (Å²) in [5.41, 5.74) is 1.93. The standard InChI is InChI=1S/C19H16N4O3/c1-22-11-17(24)23(19(22)26)13-6-4-5-12(9-13)10-16-14-7-2-3-8-15(14)18(25)21-20-16/h2-9H,10-11H2,1H3,(H,21,25). The third-order valence-corrected chi connectivity index (χ3v) is 4.45. The van der Waals surface area contributed by atoms with Gasteiger partial charge in [0.25, 0.3) is 11.5 Å². The highest BCUT2D eigenvalue weighted by atomic mass is 16.2. The Morgan fingerprint density at radius 2 is 1.81 bits per heavy atom. The molecule has 0 radical (unpaired) electrons. The van der Waals surface area contributed by atoms with Gasteiger partial charge in [0.2, 0.25) is 0 Å². The van der Waals surface area contributed by atoms with E-state index >= 15 is 0 Å². The molecular formula is C19H16N4O3. The largest absolute Gasteiger partial charge is 0.331 e. The lowest BCUT2D eigenvalue weighted by Crippen LogP contribution is -2.31. The summed E-state index contributed by atoms with van der Waals surface area (Å²) in [6.07, 6.45) is 0.469. The van der Waals surface area contributed by atoms with Crippen molar-refractivity contribution in [1.82, 2.24) is 15.1 Å². The molecule has 0 spiro atoms. The zero-order chi connectivity index (χ0) is 18.3. The van der Waals surface area contributed by atoms with Crippen LogP contribution in [0.3, 0.4) is 0 Å². The fourth-order valence-electron chi connectivity index (χ4n) is 3.18. The molecule has 130 valence electrons. The lowest BCUT2D eigenvalue weighted by molar-refractivity contribution is -0.116. The van der Waals surface area contributed by atoms with Gasteiger partial charge in [-0.05, 0) is 23.8 Å². The predicted molar refractivity (Wildman–Crippen MR) is 97.1 cm³/mol. The van der Waals surface area contributed by atoms with Crippen molar-refractivity contribution in [2.75, 3.05) is 18.5 Å². The molecule has 0 bridgehead atoms. The summed E-state index contributed by atoms with van der Waals surface area (Å²) in [7, 11) is 1.60. The first-order valence-electron chi connectivity index (χ1n) is 8.18. The summed E-state index contributed by atoms with van der Waals surface area (Å²) < 4.78 is 0. The molecule has 2 aromatic carbocycles. The van der Waals surface area contributed by atoms with Gasteiger partial charge in [-0.1, -0.05) is 30.3 Å². The summed E-state index contributed by atoms with van der Waals surface area (Å²) in [5.74, 6) is -0.248. The highest BCUT2D eigenvalue weighted by Crippen LogP contribution is 2.23. The van der Waals surface area contributed by atoms with Crippen molar-refractivity contribution >= 4 is 28.4 Å². The van der Waals surface area contributed by atoms with Crippen LogP contribution in [0.4, 0.5) is 10.5 Å². The minimum Gasteiger partial charge on any atom is -0.318 e. The molecule has 1 saturated heterocycles. The summed E-state index contributed by atoms with van der Waals surface area (Å²) in [6, 6.07) is 14.2. The molecule has 0 saturated carbocycles. The average molecular weight is 348 g/mol. The number of aromatic amines is 1. The zero-order valence-corrected chi connectivity index (χ0v) is 14.1. The van der Waals surface area contributed by atoms with Crippen LogP contribution in [0.15, 0.2) is 53.3 Å². The van der Waals surface area contributed by atoms with Gasteiger partial charge in [0.15, 0.2) is 0 Å². The van der Waals surface area contributed by atoms with E-state index in [0.29, 0.717) is 17.5 Å². The van der Waals surface area contributed by atoms with E-state index < -0.39 is 0 Å². The maximum Gasteiger partial charge on any atom is 0.331 e. The maximum absolute atomic E-state index is 12.2. The Bertz CT molecular complexity index is 1090. The number of H-pyrrole nitrogens is 1. The van der Waals surface area contributed by atoms with Crippen LogP contribution in [0, 0.1) is 0 Å². The summed E-state index contributed by atoms with van der Waals surface area (Å²) >= 11 is 0. The summed E-state index contributed by atoms with van der Waals surface area (Å²) in [6.45, 7) is 0.0785. The van der Waals surface area contributed by atoms with E-state index in [4.69, 9.17) is 0 Å². The van der Waals surface area contributed by atoms with Crippen LogP contribution in [0.25, 0.3) is 10.8 Å². The second kappa shape index (κ2) is 6.11. The van der Waals surface area contributed by atoms with E-state index in [-0.39, 0.29) is 24.0 Å². The van der Waals surface area contributed by atoms with Crippen LogP contribution in [-0.2, 0) is 11.2 Å². The minimum atomic E-state index is -0.334. The molecule has 0 unspecified atom stereocenters. The topological polar surface area (TPSA) is 86.4 Å². The number of nitrogens with one attached hydrogen (secondary N) is 1. The highest BCUT2D eigenvalue weighted by Gasteiger charge is 2.34. The number of aromatic nitrogens is 2. The molecular weight excluding hydrogens is 332 g/mol. The van der Waals surface area contributed by atoms with Gasteiger partial charge in [-0.3, -0.25) is 9.59 Å². The zero-order valence-electron chi connectivity index (χ0n) is 14.1. The number of hydrogen-bond acceptors (Lipinski definition) is 4. The number of hydrogen-bond donors (Lipinski definition) is 1. The van der Waals surface area contributed by atoms with Crippen molar-refractivity contribution in [2.24, 2.45) is 0 Å². The number of amides is 3. The Hall–Kier alpha value is -3.48. The number of fused-ring (bicyclic) bond motifs is 1. The Kier molecular flexibility index (Phi) is 3.76. The van der Waals surface area contributed by atoms with Crippen molar-refractivity contribution in [3.63, 3.8) is 0 Å². The van der Waals surface area contributed by atoms with Gasteiger partial charge >= 0.3 is 6.03 Å². The number of benzene rings is 2. The lowest BCUT2D eigenvalue weighted by atomic mass is 10.0. The first kappa shape index (κ1) is 16.0. The van der Waals surface area contributed by atoms with Gasteiger partial charge in [0.1, 0.15) is 6.54 Å². The molecule has 4 rings (SSSR count). The number of carbonyl (C=O) groups is 2. The fraction of sp³-hybridized carbons (Fsp3) is 0.158. The number of carbonyl (C=O) groups excluding carboxylic acids is 2. The normalized spacial score (nSPS) is 14.5. The number of imide groups is 1. The predicted octanol–water partition coefficient (Wildman–Crippen LogP) is 1.91. The Morgan fingerprint density at radius 1 is 1.04 bits per heavy atom. The van der Waals surface area contributed by atoms with Crippen LogP contribution in [0.2, 0.25) is 0 Å². The van der Waals surface area contributed by atoms with Crippen LogP contribution in [0.1, 0.15) is 11.3 Å². The fourth-order valence-corrected chi connectivity index (χ4v) is 3.18. The average Bonchev–Trinajstić information content (AvgIpc) is 2.90. The molecule has 0 atom stereocenters. The van der Waals surface area contributed by atoms with E-state index in [9.17, 15) is 14.4 Å². The molecule has 3 aromatic rings. The molecule has 0 aliphatic carbocycles. The third-order valence-electron chi connectivity index (χ3n) is 4.45. The first-order valence-corrected chi connectivity index (χ1v) is 8.18. The second-order valence-electron chi connectivity index (χ2n) is 6.26. The van der Waals surface area contributed by atoms with Gasteiger partial charge < -0.3 is 4.90 Å². The molecule has 1 aliphatic rings. The number of anilines is 1. The number of likely N-dealkylation sites (N-methyl/N-ethyl adjacent to an activating group) is 1. The van der Waals surface area contributed by atoms with E-state index in [1.807, 2.05) is 24.3 Å². The highest BCUT2D eigenvalue weighted by molar-refractivity contribution is 6.19. The summed E-state index contributed by atoms with van der Waals surface area (Å²) in [4.78, 5) is 38.7. The second-order valence-corrected chi connectivity index (χ2v) is 6.26. The Balaban J connectivity index is 1.71. The summed E-state index contributed by atoms with van der Waals surface area (Å²) in [5, 5.41) is 8.07. The van der Waals surface area contributed by atoms with E-state index in [1.54, 1.807) is 31.3 Å². The molecule has 2 heterocycles. The molecule has 26 heavy (non-hydrogen) atoms. The van der Waals surface area contributed by atoms with Crippen LogP contribution in [0.5, 0.6) is 0 Å². The van der Waals surface area contributed by atoms with Crippen molar-refractivity contribution in [1.29, 1.82) is 0 Å². The van der Waals surface area contributed by atoms with Crippen molar-refractivity contribution in [3.05, 3.63) is 70.1 Å². The number of rotatable bonds is 3. The molecule has 1 fully saturated rings. The van der Waals surface area contributed by atoms with Gasteiger partial charge in [-0.15, -0.1) is 0 Å². The molecule has 7 heteroatoms. The molecule has 7 nitrogen and oxygen atoms in total. The number of nitrogens with zero attached hydrogens (tertiary/aromatic N) is 3. The Morgan fingerprint density at radius 3 is 2.54 bits per heavy atom. The third kappa shape index (κ3) is 2.63. The van der Waals surface area contributed by atoms with Crippen LogP contribution >= 0.6 is 0 Å². The molecule has 1 N–H and O–H groups in total. The Labute approximate surface area is 148 Å². The van der Waals surface area contributed by atoms with E-state index in [0.717, 1.165) is 16.6 Å². The van der Waals surface area contributed by atoms with Gasteiger partial charge in [-0.2, -0.15) is 5.10 Å². The lowest BCUT2D eigenvalue weighted by Gasteiger charge is -2.15. The van der Waals surface area contributed by atoms with E-state index in [1.165, 1.54) is 9.80 Å². The van der Waals surface area contributed by atoms with Crippen molar-refractivity contribution < 1.29 is 9.59 Å². The minimum absolute atomic E-state index is 0.0785. The first-order chi connectivity index (χ1) is 12.5. The monoisotopic (exact) mass is 348 g/mol. The van der Waals surface area contributed by atoms with Crippen molar-refractivity contribution in [2.45, 2.75) is 6.42 Å². The SMILES string of the molecule is CN1CC(=O)N(c2cccc(Cc3n[nH]c(=O)c4ccccc34)c2)C1=O. The molecule has 1 aliphatic heterocycles. The number of urea groups is 1. The van der Waals surface area contributed by atoms with Gasteiger partial charge in [0, 0.05) is 18.9 Å². The van der Waals surface area contributed by atoms with E-state index in [2.05, 4.69) is 10.2 Å². The molecule has 3 amide bonds. The van der Waals surface area contributed by atoms with Crippen molar-refractivity contribution in [3.8, 4) is 0 Å². The van der Waals surface area contributed by atoms with Gasteiger partial charge in [0.05, 0.1) is 16.8 Å². The smallest absolute Gasteiger partial charge is 0.318 e. The van der Waals surface area contributed by atoms with Crippen LogP contribution in [-0.4, -0.2) is 40.6 Å². The quantitative estimate of drug-likeness (QED) is 0.733. The van der Waals surface area contributed by atoms with Crippen LogP contribution < -0.4 is 10.5 Å². The molecule has 1 aromatic heterocycles.